The van der Waals surface area contributed by atoms with E-state index in [0.29, 0.717) is 13.2 Å². The number of hydrogen-bond acceptors (Lipinski definition) is 3. The maximum absolute atomic E-state index is 12.7. The quantitative estimate of drug-likeness (QED) is 0.624. The van der Waals surface area contributed by atoms with Crippen molar-refractivity contribution in [1.82, 2.24) is 4.90 Å². The molecule has 2 rings (SSSR count). The Bertz CT molecular complexity index is 455. The lowest BCUT2D eigenvalue weighted by Crippen LogP contribution is -2.51. The van der Waals surface area contributed by atoms with Gasteiger partial charge in [0.05, 0.1) is 24.3 Å². The van der Waals surface area contributed by atoms with Gasteiger partial charge in [0.25, 0.3) is 5.91 Å². The second-order valence-electron chi connectivity index (χ2n) is 4.62. The van der Waals surface area contributed by atoms with Crippen LogP contribution in [0.3, 0.4) is 0 Å². The molecule has 19 heavy (non-hydrogen) atoms. The first-order valence-corrected chi connectivity index (χ1v) is 8.63. The Labute approximate surface area is 126 Å². The third-order valence-electron chi connectivity index (χ3n) is 3.28. The standard InChI is InChI=1S/C14H18BrNO2S/c1-10-9-18-11(7-15)8-16(10)14(17)12-5-3-4-6-13(12)19-2/h3-6,10-11H,7-9H2,1-2H3. The van der Waals surface area contributed by atoms with Gasteiger partial charge in [-0.05, 0) is 25.3 Å². The maximum atomic E-state index is 12.7. The zero-order valence-electron chi connectivity index (χ0n) is 11.1. The number of alkyl halides is 1. The Kier molecular flexibility index (Phi) is 5.30. The Morgan fingerprint density at radius 3 is 2.95 bits per heavy atom. The molecule has 2 unspecified atom stereocenters. The maximum Gasteiger partial charge on any atom is 0.255 e. The van der Waals surface area contributed by atoms with E-state index in [1.165, 1.54) is 0 Å². The number of nitrogens with zero attached hydrogens (tertiary/aromatic N) is 1. The number of thioether (sulfide) groups is 1. The van der Waals surface area contributed by atoms with Crippen LogP contribution in [0.25, 0.3) is 0 Å². The number of carbonyl (C=O) groups is 1. The Morgan fingerprint density at radius 1 is 1.53 bits per heavy atom. The minimum atomic E-state index is 0.0848. The van der Waals surface area contributed by atoms with E-state index in [9.17, 15) is 4.79 Å². The number of ether oxygens (including phenoxy) is 1. The zero-order chi connectivity index (χ0) is 13.8. The SMILES string of the molecule is CSc1ccccc1C(=O)N1CC(CBr)OCC1C. The molecule has 0 N–H and O–H groups in total. The highest BCUT2D eigenvalue weighted by Crippen LogP contribution is 2.24. The van der Waals surface area contributed by atoms with Gasteiger partial charge in [0.15, 0.2) is 0 Å². The van der Waals surface area contributed by atoms with Crippen molar-refractivity contribution in [2.45, 2.75) is 24.0 Å². The molecule has 0 aromatic heterocycles. The first kappa shape index (κ1) is 14.9. The van der Waals surface area contributed by atoms with Crippen molar-refractivity contribution >= 4 is 33.6 Å². The number of rotatable bonds is 3. The van der Waals surface area contributed by atoms with Gasteiger partial charge in [-0.1, -0.05) is 28.1 Å². The summed E-state index contributed by atoms with van der Waals surface area (Å²) in [7, 11) is 0. The third kappa shape index (κ3) is 3.33. The van der Waals surface area contributed by atoms with E-state index in [-0.39, 0.29) is 18.1 Å². The van der Waals surface area contributed by atoms with Crippen LogP contribution in [-0.4, -0.2) is 47.7 Å². The van der Waals surface area contributed by atoms with Gasteiger partial charge in [0, 0.05) is 16.8 Å². The minimum Gasteiger partial charge on any atom is -0.373 e. The first-order valence-electron chi connectivity index (χ1n) is 6.29. The second-order valence-corrected chi connectivity index (χ2v) is 6.11. The van der Waals surface area contributed by atoms with E-state index < -0.39 is 0 Å². The summed E-state index contributed by atoms with van der Waals surface area (Å²) in [6.07, 6.45) is 2.08. The van der Waals surface area contributed by atoms with Gasteiger partial charge in [-0.25, -0.2) is 0 Å². The average Bonchev–Trinajstić information content (AvgIpc) is 2.47. The van der Waals surface area contributed by atoms with Crippen LogP contribution in [0.2, 0.25) is 0 Å². The Morgan fingerprint density at radius 2 is 2.26 bits per heavy atom. The van der Waals surface area contributed by atoms with Crippen LogP contribution < -0.4 is 0 Å². The van der Waals surface area contributed by atoms with Gasteiger partial charge >= 0.3 is 0 Å². The summed E-state index contributed by atoms with van der Waals surface area (Å²) in [5, 5.41) is 0.758. The van der Waals surface area contributed by atoms with Crippen molar-refractivity contribution in [3.8, 4) is 0 Å². The molecule has 0 spiro atoms. The zero-order valence-corrected chi connectivity index (χ0v) is 13.5. The highest BCUT2D eigenvalue weighted by molar-refractivity contribution is 9.09. The fourth-order valence-corrected chi connectivity index (χ4v) is 3.15. The van der Waals surface area contributed by atoms with Crippen LogP contribution in [-0.2, 0) is 4.74 Å². The monoisotopic (exact) mass is 343 g/mol. The van der Waals surface area contributed by atoms with Crippen LogP contribution in [0.5, 0.6) is 0 Å². The van der Waals surface area contributed by atoms with Crippen LogP contribution >= 0.6 is 27.7 Å². The second kappa shape index (κ2) is 6.77. The predicted octanol–water partition coefficient (Wildman–Crippen LogP) is 3.03. The van der Waals surface area contributed by atoms with E-state index in [0.717, 1.165) is 15.8 Å². The lowest BCUT2D eigenvalue weighted by molar-refractivity contribution is -0.0362. The van der Waals surface area contributed by atoms with E-state index >= 15 is 0 Å². The largest absolute Gasteiger partial charge is 0.373 e. The summed E-state index contributed by atoms with van der Waals surface area (Å²) < 4.78 is 5.67. The molecule has 0 bridgehead atoms. The lowest BCUT2D eigenvalue weighted by Gasteiger charge is -2.37. The molecular formula is C14H18BrNO2S. The molecule has 1 fully saturated rings. The van der Waals surface area contributed by atoms with E-state index in [4.69, 9.17) is 4.74 Å². The van der Waals surface area contributed by atoms with Crippen molar-refractivity contribution in [3.63, 3.8) is 0 Å². The van der Waals surface area contributed by atoms with Gasteiger partial charge in [-0.2, -0.15) is 0 Å². The van der Waals surface area contributed by atoms with Crippen molar-refractivity contribution in [2.75, 3.05) is 24.7 Å². The van der Waals surface area contributed by atoms with Gasteiger partial charge in [0.1, 0.15) is 0 Å². The molecule has 1 saturated heterocycles. The molecule has 0 radical (unpaired) electrons. The van der Waals surface area contributed by atoms with Gasteiger partial charge < -0.3 is 9.64 Å². The fraction of sp³-hybridized carbons (Fsp3) is 0.500. The molecule has 104 valence electrons. The molecule has 0 aliphatic carbocycles. The number of benzene rings is 1. The minimum absolute atomic E-state index is 0.0848. The van der Waals surface area contributed by atoms with Gasteiger partial charge in [-0.3, -0.25) is 4.79 Å². The molecule has 1 amide bonds. The molecular weight excluding hydrogens is 326 g/mol. The number of morpholine rings is 1. The summed E-state index contributed by atoms with van der Waals surface area (Å²) >= 11 is 5.03. The summed E-state index contributed by atoms with van der Waals surface area (Å²) in [6.45, 7) is 3.28. The van der Waals surface area contributed by atoms with E-state index in [1.807, 2.05) is 42.3 Å². The number of hydrogen-bond donors (Lipinski definition) is 0. The van der Waals surface area contributed by atoms with Crippen molar-refractivity contribution in [1.29, 1.82) is 0 Å². The topological polar surface area (TPSA) is 29.5 Å². The summed E-state index contributed by atoms with van der Waals surface area (Å²) in [5.74, 6) is 0.103. The van der Waals surface area contributed by atoms with Crippen LogP contribution in [0.1, 0.15) is 17.3 Å². The molecule has 3 nitrogen and oxygen atoms in total. The van der Waals surface area contributed by atoms with Crippen molar-refractivity contribution < 1.29 is 9.53 Å². The molecule has 1 aromatic rings. The van der Waals surface area contributed by atoms with Crippen molar-refractivity contribution in [2.24, 2.45) is 0 Å². The highest BCUT2D eigenvalue weighted by atomic mass is 79.9. The Hall–Kier alpha value is -0.520. The molecule has 1 aliphatic rings. The lowest BCUT2D eigenvalue weighted by atomic mass is 10.1. The molecule has 2 atom stereocenters. The molecule has 1 aliphatic heterocycles. The fourth-order valence-electron chi connectivity index (χ4n) is 2.17. The number of carbonyl (C=O) groups excluding carboxylic acids is 1. The van der Waals surface area contributed by atoms with Gasteiger partial charge in [0.2, 0.25) is 0 Å². The third-order valence-corrected chi connectivity index (χ3v) is 4.79. The summed E-state index contributed by atoms with van der Waals surface area (Å²) in [5.41, 5.74) is 0.789. The van der Waals surface area contributed by atoms with Crippen LogP contribution in [0.15, 0.2) is 29.2 Å². The number of amides is 1. The van der Waals surface area contributed by atoms with E-state index in [2.05, 4.69) is 15.9 Å². The van der Waals surface area contributed by atoms with Crippen LogP contribution in [0, 0.1) is 0 Å². The summed E-state index contributed by atoms with van der Waals surface area (Å²) in [6, 6.07) is 7.90. The molecule has 0 saturated carbocycles. The Balaban J connectivity index is 2.22. The summed E-state index contributed by atoms with van der Waals surface area (Å²) in [4.78, 5) is 15.6. The predicted molar refractivity (Wildman–Crippen MR) is 82.3 cm³/mol. The molecule has 5 heteroatoms. The van der Waals surface area contributed by atoms with Crippen molar-refractivity contribution in [3.05, 3.63) is 29.8 Å². The van der Waals surface area contributed by atoms with Gasteiger partial charge in [-0.15, -0.1) is 11.8 Å². The normalized spacial score (nSPS) is 23.4. The number of halogens is 1. The van der Waals surface area contributed by atoms with E-state index in [1.54, 1.807) is 11.8 Å². The first-order chi connectivity index (χ1) is 9.17. The highest BCUT2D eigenvalue weighted by Gasteiger charge is 2.30. The smallest absolute Gasteiger partial charge is 0.255 e. The molecule has 1 heterocycles. The van der Waals surface area contributed by atoms with Crippen LogP contribution in [0.4, 0.5) is 0 Å². The average molecular weight is 344 g/mol. The molecule has 1 aromatic carbocycles.